The van der Waals surface area contributed by atoms with Crippen molar-refractivity contribution in [1.82, 2.24) is 4.57 Å². The molecule has 1 aromatic heterocycles. The molecule has 0 radical (unpaired) electrons. The van der Waals surface area contributed by atoms with Crippen LogP contribution in [0.5, 0.6) is 0 Å². The summed E-state index contributed by atoms with van der Waals surface area (Å²) in [6.07, 6.45) is 0. The largest absolute Gasteiger partial charge is 0.398 e. The molecule has 1 aromatic carbocycles. The fourth-order valence-electron chi connectivity index (χ4n) is 2.14. The van der Waals surface area contributed by atoms with Gasteiger partial charge in [-0.2, -0.15) is 0 Å². The van der Waals surface area contributed by atoms with Crippen molar-refractivity contribution in [2.24, 2.45) is 7.05 Å². The van der Waals surface area contributed by atoms with Crippen molar-refractivity contribution in [3.8, 4) is 0 Å². The molecule has 2 heteroatoms. The third kappa shape index (κ3) is 0.969. The molecule has 74 valence electrons. The van der Waals surface area contributed by atoms with Crippen molar-refractivity contribution < 1.29 is 0 Å². The smallest absolute Gasteiger partial charge is 0.0533 e. The van der Waals surface area contributed by atoms with E-state index in [1.165, 1.54) is 27.7 Å². The second kappa shape index (κ2) is 2.77. The van der Waals surface area contributed by atoms with Crippen LogP contribution in [0.15, 0.2) is 12.1 Å². The molecule has 0 saturated heterocycles. The molecule has 2 rings (SSSR count). The Morgan fingerprint density at radius 1 is 1.14 bits per heavy atom. The first-order chi connectivity index (χ1) is 6.54. The van der Waals surface area contributed by atoms with Gasteiger partial charge in [0.05, 0.1) is 5.52 Å². The van der Waals surface area contributed by atoms with Crippen LogP contribution in [-0.2, 0) is 7.05 Å². The van der Waals surface area contributed by atoms with E-state index in [2.05, 4.69) is 38.5 Å². The van der Waals surface area contributed by atoms with Crippen LogP contribution in [0, 0.1) is 20.8 Å². The number of fused-ring (bicyclic) bond motifs is 1. The lowest BCUT2D eigenvalue weighted by molar-refractivity contribution is 0.907. The van der Waals surface area contributed by atoms with E-state index in [4.69, 9.17) is 5.73 Å². The second-order valence-electron chi connectivity index (χ2n) is 3.96. The first kappa shape index (κ1) is 9.13. The number of nitrogen functional groups attached to an aromatic ring is 1. The van der Waals surface area contributed by atoms with Gasteiger partial charge in [-0.25, -0.2) is 0 Å². The molecule has 1 heterocycles. The molecule has 0 spiro atoms. The van der Waals surface area contributed by atoms with Crippen LogP contribution in [0.2, 0.25) is 0 Å². The summed E-state index contributed by atoms with van der Waals surface area (Å²) in [4.78, 5) is 0. The van der Waals surface area contributed by atoms with Crippen LogP contribution < -0.4 is 5.73 Å². The molecule has 14 heavy (non-hydrogen) atoms. The highest BCUT2D eigenvalue weighted by Gasteiger charge is 2.12. The molecule has 0 unspecified atom stereocenters. The molecule has 0 amide bonds. The SMILES string of the molecule is Cc1c(C)n(C)c2c(C)ccc(N)c12. The monoisotopic (exact) mass is 188 g/mol. The number of benzene rings is 1. The van der Waals surface area contributed by atoms with Gasteiger partial charge in [0.1, 0.15) is 0 Å². The summed E-state index contributed by atoms with van der Waals surface area (Å²) in [6, 6.07) is 4.07. The molecule has 0 bridgehead atoms. The standard InChI is InChI=1S/C12H16N2/c1-7-5-6-10(13)11-8(2)9(3)14(4)12(7)11/h5-6H,13H2,1-4H3. The molecule has 2 N–H and O–H groups in total. The van der Waals surface area contributed by atoms with Gasteiger partial charge in [0, 0.05) is 23.8 Å². The molecule has 0 aliphatic rings. The van der Waals surface area contributed by atoms with E-state index < -0.39 is 0 Å². The fraction of sp³-hybridized carbons (Fsp3) is 0.333. The van der Waals surface area contributed by atoms with Gasteiger partial charge in [-0.15, -0.1) is 0 Å². The number of hydrogen-bond acceptors (Lipinski definition) is 1. The summed E-state index contributed by atoms with van der Waals surface area (Å²) in [5, 5.41) is 1.21. The number of rotatable bonds is 0. The third-order valence-corrected chi connectivity index (χ3v) is 3.17. The lowest BCUT2D eigenvalue weighted by Gasteiger charge is -2.03. The summed E-state index contributed by atoms with van der Waals surface area (Å²) in [6.45, 7) is 6.39. The van der Waals surface area contributed by atoms with Crippen molar-refractivity contribution in [2.45, 2.75) is 20.8 Å². The maximum absolute atomic E-state index is 5.99. The Balaban J connectivity index is 3.08. The minimum atomic E-state index is 0.881. The van der Waals surface area contributed by atoms with Crippen molar-refractivity contribution in [3.05, 3.63) is 29.0 Å². The zero-order valence-corrected chi connectivity index (χ0v) is 9.18. The number of anilines is 1. The van der Waals surface area contributed by atoms with E-state index in [1.54, 1.807) is 0 Å². The van der Waals surface area contributed by atoms with Gasteiger partial charge in [0.25, 0.3) is 0 Å². The molecule has 0 fully saturated rings. The van der Waals surface area contributed by atoms with Crippen LogP contribution in [-0.4, -0.2) is 4.57 Å². The molecule has 0 atom stereocenters. The van der Waals surface area contributed by atoms with Crippen molar-refractivity contribution >= 4 is 16.6 Å². The molecule has 0 aliphatic carbocycles. The van der Waals surface area contributed by atoms with Gasteiger partial charge in [0.2, 0.25) is 0 Å². The second-order valence-corrected chi connectivity index (χ2v) is 3.96. The zero-order chi connectivity index (χ0) is 10.5. The highest BCUT2D eigenvalue weighted by molar-refractivity contribution is 5.97. The Labute approximate surface area is 84.3 Å². The molecular weight excluding hydrogens is 172 g/mol. The van der Waals surface area contributed by atoms with Crippen LogP contribution >= 0.6 is 0 Å². The highest BCUT2D eigenvalue weighted by Crippen LogP contribution is 2.31. The molecular formula is C12H16N2. The van der Waals surface area contributed by atoms with Gasteiger partial charge in [-0.05, 0) is 38.0 Å². The summed E-state index contributed by atoms with van der Waals surface area (Å²) in [5.41, 5.74) is 12.0. The van der Waals surface area contributed by atoms with Crippen molar-refractivity contribution in [3.63, 3.8) is 0 Å². The summed E-state index contributed by atoms with van der Waals surface area (Å²) >= 11 is 0. The summed E-state index contributed by atoms with van der Waals surface area (Å²) < 4.78 is 2.22. The van der Waals surface area contributed by atoms with Crippen LogP contribution in [0.3, 0.4) is 0 Å². The topological polar surface area (TPSA) is 30.9 Å². The van der Waals surface area contributed by atoms with Crippen LogP contribution in [0.1, 0.15) is 16.8 Å². The predicted octanol–water partition coefficient (Wildman–Crippen LogP) is 2.69. The molecule has 0 aliphatic heterocycles. The summed E-state index contributed by atoms with van der Waals surface area (Å²) in [7, 11) is 2.09. The number of nitrogens with zero attached hydrogens (tertiary/aromatic N) is 1. The van der Waals surface area contributed by atoms with E-state index in [1.807, 2.05) is 6.07 Å². The minimum Gasteiger partial charge on any atom is -0.398 e. The average Bonchev–Trinajstić information content (AvgIpc) is 2.38. The molecule has 0 saturated carbocycles. The Morgan fingerprint density at radius 2 is 1.79 bits per heavy atom. The first-order valence-corrected chi connectivity index (χ1v) is 4.84. The fourth-order valence-corrected chi connectivity index (χ4v) is 2.14. The molecule has 2 aromatic rings. The normalized spacial score (nSPS) is 11.1. The Kier molecular flexibility index (Phi) is 1.81. The number of aryl methyl sites for hydroxylation is 3. The van der Waals surface area contributed by atoms with Gasteiger partial charge < -0.3 is 10.3 Å². The first-order valence-electron chi connectivity index (χ1n) is 4.84. The maximum Gasteiger partial charge on any atom is 0.0533 e. The van der Waals surface area contributed by atoms with Crippen molar-refractivity contribution in [2.75, 3.05) is 5.73 Å². The van der Waals surface area contributed by atoms with Gasteiger partial charge in [-0.1, -0.05) is 6.07 Å². The Bertz CT molecular complexity index is 462. The molecule has 2 nitrogen and oxygen atoms in total. The zero-order valence-electron chi connectivity index (χ0n) is 9.18. The highest BCUT2D eigenvalue weighted by atomic mass is 14.9. The van der Waals surface area contributed by atoms with Gasteiger partial charge in [0.15, 0.2) is 0 Å². The minimum absolute atomic E-state index is 0.881. The average molecular weight is 188 g/mol. The van der Waals surface area contributed by atoms with Gasteiger partial charge in [-0.3, -0.25) is 0 Å². The van der Waals surface area contributed by atoms with Crippen LogP contribution in [0.4, 0.5) is 5.69 Å². The quantitative estimate of drug-likeness (QED) is 0.633. The van der Waals surface area contributed by atoms with Gasteiger partial charge >= 0.3 is 0 Å². The van der Waals surface area contributed by atoms with E-state index in [0.29, 0.717) is 0 Å². The van der Waals surface area contributed by atoms with Crippen molar-refractivity contribution in [1.29, 1.82) is 0 Å². The lowest BCUT2D eigenvalue weighted by Crippen LogP contribution is -1.93. The predicted molar refractivity (Wildman–Crippen MR) is 61.5 cm³/mol. The van der Waals surface area contributed by atoms with E-state index in [9.17, 15) is 0 Å². The number of hydrogen-bond donors (Lipinski definition) is 1. The number of nitrogens with two attached hydrogens (primary N) is 1. The third-order valence-electron chi connectivity index (χ3n) is 3.17. The number of aromatic nitrogens is 1. The van der Waals surface area contributed by atoms with E-state index in [0.717, 1.165) is 5.69 Å². The lowest BCUT2D eigenvalue weighted by atomic mass is 10.1. The Hall–Kier alpha value is -1.44. The van der Waals surface area contributed by atoms with E-state index in [-0.39, 0.29) is 0 Å². The Morgan fingerprint density at radius 3 is 2.36 bits per heavy atom. The van der Waals surface area contributed by atoms with E-state index >= 15 is 0 Å². The summed E-state index contributed by atoms with van der Waals surface area (Å²) in [5.74, 6) is 0. The van der Waals surface area contributed by atoms with Crippen LogP contribution in [0.25, 0.3) is 10.9 Å². The maximum atomic E-state index is 5.99.